The quantitative estimate of drug-likeness (QED) is 0.797. The topological polar surface area (TPSA) is 112 Å². The Morgan fingerprint density at radius 1 is 1.40 bits per heavy atom. The average Bonchev–Trinajstić information content (AvgIpc) is 2.75. The van der Waals surface area contributed by atoms with Gasteiger partial charge in [-0.25, -0.2) is 9.78 Å². The van der Waals surface area contributed by atoms with E-state index in [9.17, 15) is 13.2 Å². The van der Waals surface area contributed by atoms with E-state index in [1.165, 1.54) is 24.4 Å². The summed E-state index contributed by atoms with van der Waals surface area (Å²) >= 11 is 5.75. The van der Waals surface area contributed by atoms with Gasteiger partial charge in [0.1, 0.15) is 5.82 Å². The first-order chi connectivity index (χ1) is 9.28. The number of hydrogen-bond acceptors (Lipinski definition) is 4. The lowest BCUT2D eigenvalue weighted by molar-refractivity contribution is 0.0697. The first-order valence-electron chi connectivity index (χ1n) is 5.36. The van der Waals surface area contributed by atoms with E-state index in [4.69, 9.17) is 16.7 Å². The normalized spacial score (nSPS) is 11.3. The van der Waals surface area contributed by atoms with Crippen LogP contribution in [0.5, 0.6) is 0 Å². The van der Waals surface area contributed by atoms with Gasteiger partial charge in [0.05, 0.1) is 17.4 Å². The first kappa shape index (κ1) is 14.4. The van der Waals surface area contributed by atoms with E-state index in [-0.39, 0.29) is 21.3 Å². The summed E-state index contributed by atoms with van der Waals surface area (Å²) in [5, 5.41) is 8.90. The van der Waals surface area contributed by atoms with Gasteiger partial charge in [-0.1, -0.05) is 11.6 Å². The number of aromatic amines is 1. The standard InChI is InChI=1S/C11H10ClN3O4S/c1-6-13-5-10(14-6)20(18,19)15-9-3-7(11(16)17)2-8(12)4-9/h2-5,15H,1H3,(H,13,14)(H,16,17). The summed E-state index contributed by atoms with van der Waals surface area (Å²) in [6.07, 6.45) is 1.17. The van der Waals surface area contributed by atoms with Crippen LogP contribution in [0.4, 0.5) is 5.69 Å². The molecular weight excluding hydrogens is 306 g/mol. The SMILES string of the molecule is Cc1ncc(S(=O)(=O)Nc2cc(Cl)cc(C(=O)O)c2)[nH]1. The summed E-state index contributed by atoms with van der Waals surface area (Å²) < 4.78 is 26.3. The lowest BCUT2D eigenvalue weighted by Gasteiger charge is -2.07. The van der Waals surface area contributed by atoms with Gasteiger partial charge in [0.25, 0.3) is 10.0 Å². The summed E-state index contributed by atoms with van der Waals surface area (Å²) in [7, 11) is -3.87. The molecule has 0 amide bonds. The van der Waals surface area contributed by atoms with Crippen molar-refractivity contribution in [2.45, 2.75) is 11.9 Å². The highest BCUT2D eigenvalue weighted by molar-refractivity contribution is 7.92. The van der Waals surface area contributed by atoms with Crippen molar-refractivity contribution in [1.82, 2.24) is 9.97 Å². The Labute approximate surface area is 119 Å². The zero-order valence-corrected chi connectivity index (χ0v) is 11.8. The molecule has 0 aliphatic carbocycles. The van der Waals surface area contributed by atoms with E-state index < -0.39 is 16.0 Å². The number of carboxylic acids is 1. The van der Waals surface area contributed by atoms with Crippen LogP contribution in [0, 0.1) is 6.92 Å². The van der Waals surface area contributed by atoms with Crippen molar-refractivity contribution in [3.8, 4) is 0 Å². The van der Waals surface area contributed by atoms with Crippen LogP contribution in [0.2, 0.25) is 5.02 Å². The maximum Gasteiger partial charge on any atom is 0.335 e. The van der Waals surface area contributed by atoms with Crippen LogP contribution in [0.15, 0.2) is 29.4 Å². The fourth-order valence-electron chi connectivity index (χ4n) is 1.52. The molecule has 0 radical (unpaired) electrons. The van der Waals surface area contributed by atoms with Crippen LogP contribution in [-0.2, 0) is 10.0 Å². The third-order valence-corrected chi connectivity index (χ3v) is 3.88. The van der Waals surface area contributed by atoms with Crippen molar-refractivity contribution >= 4 is 33.3 Å². The zero-order valence-electron chi connectivity index (χ0n) is 10.2. The van der Waals surface area contributed by atoms with Crippen molar-refractivity contribution < 1.29 is 18.3 Å². The molecule has 0 bridgehead atoms. The van der Waals surface area contributed by atoms with Crippen molar-refractivity contribution in [2.24, 2.45) is 0 Å². The Bertz CT molecular complexity index is 770. The Hall–Kier alpha value is -2.06. The maximum atomic E-state index is 12.0. The number of halogens is 1. The number of carbonyl (C=O) groups is 1. The first-order valence-corrected chi connectivity index (χ1v) is 7.22. The molecule has 20 heavy (non-hydrogen) atoms. The Kier molecular flexibility index (Phi) is 3.69. The number of anilines is 1. The van der Waals surface area contributed by atoms with E-state index in [1.54, 1.807) is 6.92 Å². The number of hydrogen-bond donors (Lipinski definition) is 3. The van der Waals surface area contributed by atoms with Crippen LogP contribution in [0.25, 0.3) is 0 Å². The Balaban J connectivity index is 2.37. The van der Waals surface area contributed by atoms with Gasteiger partial charge in [-0.05, 0) is 25.1 Å². The molecule has 0 atom stereocenters. The zero-order chi connectivity index (χ0) is 14.9. The smallest absolute Gasteiger partial charge is 0.335 e. The summed E-state index contributed by atoms with van der Waals surface area (Å²) in [5.74, 6) is -0.756. The number of benzene rings is 1. The summed E-state index contributed by atoms with van der Waals surface area (Å²) in [4.78, 5) is 17.3. The van der Waals surface area contributed by atoms with Crippen LogP contribution in [0.3, 0.4) is 0 Å². The molecule has 0 aliphatic heterocycles. The Morgan fingerprint density at radius 3 is 2.65 bits per heavy atom. The second-order valence-corrected chi connectivity index (χ2v) is 6.06. The van der Waals surface area contributed by atoms with E-state index >= 15 is 0 Å². The van der Waals surface area contributed by atoms with E-state index in [1.807, 2.05) is 0 Å². The summed E-state index contributed by atoms with van der Waals surface area (Å²) in [5.41, 5.74) is -0.0573. The van der Waals surface area contributed by atoms with Gasteiger partial charge in [-0.15, -0.1) is 0 Å². The van der Waals surface area contributed by atoms with E-state index in [0.29, 0.717) is 5.82 Å². The molecule has 106 valence electrons. The average molecular weight is 316 g/mol. The van der Waals surface area contributed by atoms with Gasteiger partial charge in [0.2, 0.25) is 0 Å². The van der Waals surface area contributed by atoms with Crippen molar-refractivity contribution in [3.05, 3.63) is 40.8 Å². The summed E-state index contributed by atoms with van der Waals surface area (Å²) in [6, 6.07) is 3.71. The van der Waals surface area contributed by atoms with Crippen molar-refractivity contribution in [3.63, 3.8) is 0 Å². The molecule has 9 heteroatoms. The predicted octanol–water partition coefficient (Wildman–Crippen LogP) is 1.87. The highest BCUT2D eigenvalue weighted by Crippen LogP contribution is 2.21. The molecule has 0 saturated carbocycles. The molecule has 0 saturated heterocycles. The minimum absolute atomic E-state index is 0.0575. The molecule has 0 fully saturated rings. The number of aromatic nitrogens is 2. The third kappa shape index (κ3) is 3.09. The fourth-order valence-corrected chi connectivity index (χ4v) is 2.76. The van der Waals surface area contributed by atoms with Crippen LogP contribution in [0.1, 0.15) is 16.2 Å². The van der Waals surface area contributed by atoms with Gasteiger partial charge < -0.3 is 10.1 Å². The molecule has 7 nitrogen and oxygen atoms in total. The number of imidazole rings is 1. The van der Waals surface area contributed by atoms with Gasteiger partial charge >= 0.3 is 5.97 Å². The number of carboxylic acid groups (broad SMARTS) is 1. The number of H-pyrrole nitrogens is 1. The molecule has 2 rings (SSSR count). The van der Waals surface area contributed by atoms with Crippen molar-refractivity contribution in [2.75, 3.05) is 4.72 Å². The van der Waals surface area contributed by atoms with Gasteiger partial charge in [0.15, 0.2) is 5.03 Å². The third-order valence-electron chi connectivity index (χ3n) is 2.37. The van der Waals surface area contributed by atoms with Gasteiger partial charge in [-0.3, -0.25) is 4.72 Å². The monoisotopic (exact) mass is 315 g/mol. The number of sulfonamides is 1. The highest BCUT2D eigenvalue weighted by Gasteiger charge is 2.17. The number of aryl methyl sites for hydroxylation is 1. The molecule has 1 heterocycles. The van der Waals surface area contributed by atoms with Crippen LogP contribution >= 0.6 is 11.6 Å². The highest BCUT2D eigenvalue weighted by atomic mass is 35.5. The molecule has 0 spiro atoms. The van der Waals surface area contributed by atoms with Gasteiger partial charge in [0, 0.05) is 5.02 Å². The fraction of sp³-hybridized carbons (Fsp3) is 0.0909. The minimum Gasteiger partial charge on any atom is -0.478 e. The second kappa shape index (κ2) is 5.14. The van der Waals surface area contributed by atoms with Crippen molar-refractivity contribution in [1.29, 1.82) is 0 Å². The maximum absolute atomic E-state index is 12.0. The van der Waals surface area contributed by atoms with Crippen LogP contribution in [-0.4, -0.2) is 29.5 Å². The predicted molar refractivity (Wildman–Crippen MR) is 72.5 cm³/mol. The number of nitrogens with zero attached hydrogens (tertiary/aromatic N) is 1. The number of nitrogens with one attached hydrogen (secondary N) is 2. The lowest BCUT2D eigenvalue weighted by atomic mass is 10.2. The molecule has 2 aromatic rings. The van der Waals surface area contributed by atoms with E-state index in [0.717, 1.165) is 0 Å². The largest absolute Gasteiger partial charge is 0.478 e. The Morgan fingerprint density at radius 2 is 2.10 bits per heavy atom. The number of aromatic carboxylic acids is 1. The molecular formula is C11H10ClN3O4S. The lowest BCUT2D eigenvalue weighted by Crippen LogP contribution is -2.14. The van der Waals surface area contributed by atoms with Gasteiger partial charge in [-0.2, -0.15) is 8.42 Å². The molecule has 1 aromatic carbocycles. The molecule has 1 aromatic heterocycles. The molecule has 3 N–H and O–H groups in total. The molecule has 0 aliphatic rings. The van der Waals surface area contributed by atoms with E-state index in [2.05, 4.69) is 14.7 Å². The van der Waals surface area contributed by atoms with Crippen LogP contribution < -0.4 is 4.72 Å². The molecule has 0 unspecified atom stereocenters. The number of rotatable bonds is 4. The summed E-state index contributed by atoms with van der Waals surface area (Å²) in [6.45, 7) is 1.61. The second-order valence-electron chi connectivity index (χ2n) is 3.97. The minimum atomic E-state index is -3.87.